The minimum absolute atomic E-state index is 0.119. The fourth-order valence-electron chi connectivity index (χ4n) is 1.85. The Morgan fingerprint density at radius 3 is 2.36 bits per heavy atom. The highest BCUT2D eigenvalue weighted by Crippen LogP contribution is 2.30. The van der Waals surface area contributed by atoms with Crippen molar-refractivity contribution >= 4 is 23.5 Å². The maximum atomic E-state index is 11.8. The Balaban J connectivity index is 2.10. The minimum atomic E-state index is -0.535. The first-order valence-corrected chi connectivity index (χ1v) is 7.12. The quantitative estimate of drug-likeness (QED) is 0.641. The van der Waals surface area contributed by atoms with Gasteiger partial charge in [-0.15, -0.1) is 0 Å². The van der Waals surface area contributed by atoms with Gasteiger partial charge in [0.05, 0.1) is 5.02 Å². The van der Waals surface area contributed by atoms with Crippen molar-refractivity contribution in [2.24, 2.45) is 0 Å². The number of nitrogens with zero attached hydrogens (tertiary/aromatic N) is 1. The van der Waals surface area contributed by atoms with Gasteiger partial charge in [0, 0.05) is 14.0 Å². The van der Waals surface area contributed by atoms with Crippen molar-refractivity contribution in [2.45, 2.75) is 6.92 Å². The third-order valence-corrected chi connectivity index (χ3v) is 3.46. The van der Waals surface area contributed by atoms with Gasteiger partial charge in [-0.25, -0.2) is 4.79 Å². The van der Waals surface area contributed by atoms with E-state index >= 15 is 0 Å². The standard InChI is InChI=1S/C17H16ClNO3/c1-12(20)19(2)11-17(21)22-16-9-8-14(10-15(16)18)13-6-4-3-5-7-13/h3-10H,11H2,1-2H3. The van der Waals surface area contributed by atoms with Crippen LogP contribution in [0.5, 0.6) is 5.75 Å². The summed E-state index contributed by atoms with van der Waals surface area (Å²) in [6.07, 6.45) is 0. The van der Waals surface area contributed by atoms with E-state index in [1.807, 2.05) is 36.4 Å². The topological polar surface area (TPSA) is 46.6 Å². The number of carbonyl (C=O) groups is 2. The second-order valence-electron chi connectivity index (χ2n) is 4.86. The lowest BCUT2D eigenvalue weighted by atomic mass is 10.1. The Morgan fingerprint density at radius 1 is 1.09 bits per heavy atom. The third-order valence-electron chi connectivity index (χ3n) is 3.17. The second kappa shape index (κ2) is 7.09. The van der Waals surface area contributed by atoms with Crippen molar-refractivity contribution in [2.75, 3.05) is 13.6 Å². The average molecular weight is 318 g/mol. The first kappa shape index (κ1) is 16.0. The zero-order valence-corrected chi connectivity index (χ0v) is 13.1. The van der Waals surface area contributed by atoms with Crippen LogP contribution in [0, 0.1) is 0 Å². The third kappa shape index (κ3) is 4.09. The van der Waals surface area contributed by atoms with Crippen molar-refractivity contribution in [1.82, 2.24) is 4.90 Å². The lowest BCUT2D eigenvalue weighted by Crippen LogP contribution is -2.32. The zero-order chi connectivity index (χ0) is 16.1. The molecule has 0 radical (unpaired) electrons. The van der Waals surface area contributed by atoms with E-state index in [4.69, 9.17) is 16.3 Å². The molecule has 2 aromatic carbocycles. The number of carbonyl (C=O) groups excluding carboxylic acids is 2. The summed E-state index contributed by atoms with van der Waals surface area (Å²) < 4.78 is 5.19. The van der Waals surface area contributed by atoms with Crippen LogP contribution in [0.1, 0.15) is 6.92 Å². The summed E-state index contributed by atoms with van der Waals surface area (Å²) in [6, 6.07) is 15.0. The molecule has 0 aliphatic rings. The molecule has 0 bridgehead atoms. The van der Waals surface area contributed by atoms with Gasteiger partial charge in [-0.2, -0.15) is 0 Å². The number of amides is 1. The first-order valence-electron chi connectivity index (χ1n) is 6.74. The molecule has 0 saturated carbocycles. The molecule has 4 nitrogen and oxygen atoms in total. The Hall–Kier alpha value is -2.33. The Labute approximate surface area is 134 Å². The summed E-state index contributed by atoms with van der Waals surface area (Å²) in [4.78, 5) is 24.1. The van der Waals surface area contributed by atoms with Crippen LogP contribution in [-0.4, -0.2) is 30.4 Å². The van der Waals surface area contributed by atoms with Crippen molar-refractivity contribution in [3.63, 3.8) is 0 Å². The van der Waals surface area contributed by atoms with Crippen molar-refractivity contribution in [3.05, 3.63) is 53.6 Å². The highest BCUT2D eigenvalue weighted by molar-refractivity contribution is 6.32. The van der Waals surface area contributed by atoms with E-state index in [-0.39, 0.29) is 18.2 Å². The van der Waals surface area contributed by atoms with Crippen molar-refractivity contribution < 1.29 is 14.3 Å². The molecule has 0 unspecified atom stereocenters. The number of ether oxygens (including phenoxy) is 1. The Morgan fingerprint density at radius 2 is 1.77 bits per heavy atom. The molecule has 0 heterocycles. The fourth-order valence-corrected chi connectivity index (χ4v) is 2.07. The van der Waals surface area contributed by atoms with E-state index < -0.39 is 5.97 Å². The van der Waals surface area contributed by atoms with E-state index in [2.05, 4.69) is 0 Å². The molecule has 2 rings (SSSR count). The Kier molecular flexibility index (Phi) is 5.17. The zero-order valence-electron chi connectivity index (χ0n) is 12.4. The van der Waals surface area contributed by atoms with Crippen LogP contribution in [-0.2, 0) is 9.59 Å². The summed E-state index contributed by atoms with van der Waals surface area (Å²) in [5, 5.41) is 0.347. The van der Waals surface area contributed by atoms with Crippen LogP contribution in [0.15, 0.2) is 48.5 Å². The highest BCUT2D eigenvalue weighted by Gasteiger charge is 2.13. The summed E-state index contributed by atoms with van der Waals surface area (Å²) in [7, 11) is 1.53. The van der Waals surface area contributed by atoms with E-state index in [0.717, 1.165) is 11.1 Å². The van der Waals surface area contributed by atoms with Crippen LogP contribution in [0.2, 0.25) is 5.02 Å². The van der Waals surface area contributed by atoms with E-state index in [1.54, 1.807) is 12.1 Å². The lowest BCUT2D eigenvalue weighted by molar-refractivity contribution is -0.140. The van der Waals surface area contributed by atoms with Crippen molar-refractivity contribution in [1.29, 1.82) is 0 Å². The monoisotopic (exact) mass is 317 g/mol. The predicted molar refractivity (Wildman–Crippen MR) is 85.8 cm³/mol. The van der Waals surface area contributed by atoms with Gasteiger partial charge in [0.25, 0.3) is 0 Å². The second-order valence-corrected chi connectivity index (χ2v) is 5.27. The molecule has 22 heavy (non-hydrogen) atoms. The van der Waals surface area contributed by atoms with Gasteiger partial charge >= 0.3 is 5.97 Å². The van der Waals surface area contributed by atoms with Crippen LogP contribution < -0.4 is 4.74 Å². The average Bonchev–Trinajstić information content (AvgIpc) is 2.50. The largest absolute Gasteiger partial charge is 0.424 e. The van der Waals surface area contributed by atoms with E-state index in [1.165, 1.54) is 18.9 Å². The molecule has 0 N–H and O–H groups in total. The maximum Gasteiger partial charge on any atom is 0.331 e. The van der Waals surface area contributed by atoms with Crippen LogP contribution in [0.3, 0.4) is 0 Å². The van der Waals surface area contributed by atoms with Crippen LogP contribution in [0.4, 0.5) is 0 Å². The molecule has 2 aromatic rings. The molecular formula is C17H16ClNO3. The van der Waals surface area contributed by atoms with Gasteiger partial charge in [-0.3, -0.25) is 4.79 Å². The smallest absolute Gasteiger partial charge is 0.331 e. The molecule has 1 amide bonds. The van der Waals surface area contributed by atoms with Crippen LogP contribution in [0.25, 0.3) is 11.1 Å². The summed E-state index contributed by atoms with van der Waals surface area (Å²) in [5.41, 5.74) is 1.96. The molecule has 0 aliphatic heterocycles. The number of likely N-dealkylation sites (N-methyl/N-ethyl adjacent to an activating group) is 1. The molecular weight excluding hydrogens is 302 g/mol. The fraction of sp³-hybridized carbons (Fsp3) is 0.176. The van der Waals surface area contributed by atoms with Gasteiger partial charge < -0.3 is 9.64 Å². The number of hydrogen-bond acceptors (Lipinski definition) is 3. The minimum Gasteiger partial charge on any atom is -0.424 e. The van der Waals surface area contributed by atoms with Gasteiger partial charge in [0.15, 0.2) is 0 Å². The molecule has 0 aromatic heterocycles. The molecule has 0 aliphatic carbocycles. The van der Waals surface area contributed by atoms with Gasteiger partial charge in [0.1, 0.15) is 12.3 Å². The van der Waals surface area contributed by atoms with Crippen molar-refractivity contribution in [3.8, 4) is 16.9 Å². The summed E-state index contributed by atoms with van der Waals surface area (Å²) in [5.74, 6) is -0.460. The predicted octanol–water partition coefficient (Wildman–Crippen LogP) is 3.39. The first-order chi connectivity index (χ1) is 10.5. The highest BCUT2D eigenvalue weighted by atomic mass is 35.5. The molecule has 0 atom stereocenters. The molecule has 0 saturated heterocycles. The van der Waals surface area contributed by atoms with E-state index in [9.17, 15) is 9.59 Å². The molecule has 0 fully saturated rings. The van der Waals surface area contributed by atoms with Crippen LogP contribution >= 0.6 is 11.6 Å². The summed E-state index contributed by atoms with van der Waals surface area (Å²) in [6.45, 7) is 1.26. The number of hydrogen-bond donors (Lipinski definition) is 0. The number of benzene rings is 2. The number of esters is 1. The van der Waals surface area contributed by atoms with Gasteiger partial charge in [0.2, 0.25) is 5.91 Å². The molecule has 114 valence electrons. The lowest BCUT2D eigenvalue weighted by Gasteiger charge is -2.14. The molecule has 5 heteroatoms. The number of halogens is 1. The number of rotatable bonds is 4. The normalized spacial score (nSPS) is 10.1. The Bertz CT molecular complexity index is 686. The van der Waals surface area contributed by atoms with E-state index in [0.29, 0.717) is 5.02 Å². The summed E-state index contributed by atoms with van der Waals surface area (Å²) >= 11 is 6.16. The maximum absolute atomic E-state index is 11.8. The van der Waals surface area contributed by atoms with Gasteiger partial charge in [-0.1, -0.05) is 48.0 Å². The van der Waals surface area contributed by atoms with Gasteiger partial charge in [-0.05, 0) is 23.3 Å². The molecule has 0 spiro atoms. The SMILES string of the molecule is CC(=O)N(C)CC(=O)Oc1ccc(-c2ccccc2)cc1Cl.